The van der Waals surface area contributed by atoms with Crippen LogP contribution in [0.2, 0.25) is 0 Å². The van der Waals surface area contributed by atoms with E-state index in [0.29, 0.717) is 13.1 Å². The molecule has 0 aromatic heterocycles. The summed E-state index contributed by atoms with van der Waals surface area (Å²) in [4.78, 5) is 12.5. The van der Waals surface area contributed by atoms with Crippen LogP contribution in [0.5, 0.6) is 0 Å². The van der Waals surface area contributed by atoms with Crippen molar-refractivity contribution in [1.29, 1.82) is 5.26 Å². The van der Waals surface area contributed by atoms with Gasteiger partial charge < -0.3 is 5.32 Å². The molecular formula is C22H20F3N3O3S. The zero-order valence-electron chi connectivity index (χ0n) is 16.9. The second-order valence-electron chi connectivity index (χ2n) is 7.24. The van der Waals surface area contributed by atoms with Crippen LogP contribution in [0.15, 0.2) is 59.0 Å². The van der Waals surface area contributed by atoms with Gasteiger partial charge in [0.15, 0.2) is 0 Å². The maximum Gasteiger partial charge on any atom is 0.416 e. The van der Waals surface area contributed by atoms with Gasteiger partial charge in [0.1, 0.15) is 11.6 Å². The molecule has 32 heavy (non-hydrogen) atoms. The number of anilines is 1. The Bertz CT molecular complexity index is 1160. The smallest absolute Gasteiger partial charge is 0.321 e. The highest BCUT2D eigenvalue weighted by molar-refractivity contribution is 7.89. The van der Waals surface area contributed by atoms with E-state index in [1.54, 1.807) is 6.07 Å². The van der Waals surface area contributed by atoms with E-state index in [4.69, 9.17) is 0 Å². The molecule has 0 atom stereocenters. The molecule has 1 N–H and O–H groups in total. The average Bonchev–Trinajstić information content (AvgIpc) is 2.78. The van der Waals surface area contributed by atoms with Gasteiger partial charge in [-0.05, 0) is 54.8 Å². The number of nitrogens with zero attached hydrogens (tertiary/aromatic N) is 2. The molecule has 1 aliphatic rings. The van der Waals surface area contributed by atoms with E-state index in [-0.39, 0.29) is 21.7 Å². The Morgan fingerprint density at radius 3 is 2.31 bits per heavy atom. The molecule has 1 fully saturated rings. The monoisotopic (exact) mass is 463 g/mol. The van der Waals surface area contributed by atoms with Crippen LogP contribution in [0.3, 0.4) is 0 Å². The van der Waals surface area contributed by atoms with Gasteiger partial charge in [0.25, 0.3) is 5.91 Å². The second kappa shape index (κ2) is 9.54. The molecule has 168 valence electrons. The third-order valence-corrected chi connectivity index (χ3v) is 6.85. The van der Waals surface area contributed by atoms with E-state index < -0.39 is 27.7 Å². The minimum absolute atomic E-state index is 0.0300. The first-order valence-electron chi connectivity index (χ1n) is 9.82. The number of halogens is 3. The molecular weight excluding hydrogens is 443 g/mol. The van der Waals surface area contributed by atoms with Crippen molar-refractivity contribution in [3.05, 3.63) is 65.2 Å². The molecule has 0 unspecified atom stereocenters. The van der Waals surface area contributed by atoms with Crippen molar-refractivity contribution in [3.8, 4) is 6.07 Å². The number of alkyl halides is 3. The van der Waals surface area contributed by atoms with E-state index >= 15 is 0 Å². The summed E-state index contributed by atoms with van der Waals surface area (Å²) in [5.41, 5.74) is -0.758. The topological polar surface area (TPSA) is 90.3 Å². The van der Waals surface area contributed by atoms with Crippen molar-refractivity contribution in [2.75, 3.05) is 18.4 Å². The van der Waals surface area contributed by atoms with Crippen LogP contribution in [-0.4, -0.2) is 31.7 Å². The first-order valence-corrected chi connectivity index (χ1v) is 11.3. The molecule has 10 heteroatoms. The summed E-state index contributed by atoms with van der Waals surface area (Å²) in [5.74, 6) is -0.806. The number of nitrogens with one attached hydrogen (secondary N) is 1. The van der Waals surface area contributed by atoms with Gasteiger partial charge in [-0.25, -0.2) is 8.42 Å². The van der Waals surface area contributed by atoms with E-state index in [1.165, 1.54) is 28.6 Å². The zero-order valence-corrected chi connectivity index (χ0v) is 17.7. The van der Waals surface area contributed by atoms with Crippen molar-refractivity contribution >= 4 is 27.7 Å². The minimum Gasteiger partial charge on any atom is -0.321 e. The van der Waals surface area contributed by atoms with Gasteiger partial charge in [-0.15, -0.1) is 0 Å². The summed E-state index contributed by atoms with van der Waals surface area (Å²) in [6, 6.07) is 11.4. The largest absolute Gasteiger partial charge is 0.416 e. The fourth-order valence-corrected chi connectivity index (χ4v) is 4.83. The number of carbonyl (C=O) groups excluding carboxylic acids is 1. The minimum atomic E-state index is -4.49. The molecule has 2 aromatic rings. The zero-order chi connectivity index (χ0) is 23.4. The van der Waals surface area contributed by atoms with E-state index in [9.17, 15) is 31.6 Å². The van der Waals surface area contributed by atoms with Crippen LogP contribution in [0.4, 0.5) is 18.9 Å². The molecule has 0 spiro atoms. The molecule has 1 saturated heterocycles. The summed E-state index contributed by atoms with van der Waals surface area (Å²) in [6.07, 6.45) is -0.781. The van der Waals surface area contributed by atoms with Crippen LogP contribution >= 0.6 is 0 Å². The van der Waals surface area contributed by atoms with Crippen molar-refractivity contribution in [1.82, 2.24) is 4.31 Å². The molecule has 0 aliphatic carbocycles. The Labute approximate surface area is 184 Å². The molecule has 1 amide bonds. The predicted octanol–water partition coefficient (Wildman–Crippen LogP) is 4.43. The lowest BCUT2D eigenvalue weighted by Gasteiger charge is -2.26. The summed E-state index contributed by atoms with van der Waals surface area (Å²) >= 11 is 0. The molecule has 2 aromatic carbocycles. The number of piperidine rings is 1. The number of amides is 1. The van der Waals surface area contributed by atoms with Crippen LogP contribution < -0.4 is 5.32 Å². The van der Waals surface area contributed by atoms with Gasteiger partial charge in [-0.1, -0.05) is 24.6 Å². The van der Waals surface area contributed by atoms with Crippen LogP contribution in [0.1, 0.15) is 30.4 Å². The van der Waals surface area contributed by atoms with Crippen LogP contribution in [-0.2, 0) is 21.0 Å². The molecule has 0 saturated carbocycles. The van der Waals surface area contributed by atoms with Gasteiger partial charge in [-0.3, -0.25) is 4.79 Å². The average molecular weight is 463 g/mol. The lowest BCUT2D eigenvalue weighted by atomic mass is 10.1. The van der Waals surface area contributed by atoms with Crippen molar-refractivity contribution in [2.24, 2.45) is 0 Å². The van der Waals surface area contributed by atoms with Gasteiger partial charge in [0, 0.05) is 18.8 Å². The molecule has 6 nitrogen and oxygen atoms in total. The highest BCUT2D eigenvalue weighted by atomic mass is 32.2. The summed E-state index contributed by atoms with van der Waals surface area (Å²) in [5, 5.41) is 11.8. The maximum atomic E-state index is 12.8. The Hall–Kier alpha value is -3.16. The highest BCUT2D eigenvalue weighted by Gasteiger charge is 2.30. The fourth-order valence-electron chi connectivity index (χ4n) is 3.27. The standard InChI is InChI=1S/C22H20F3N3O3S/c23-22(24,25)18-9-7-16(8-10-18)13-17(15-26)21(29)27-19-5-4-6-20(14-19)32(30,31)28-11-2-1-3-12-28/h4-10,13-14H,1-3,11-12H2,(H,27,29). The van der Waals surface area contributed by atoms with Gasteiger partial charge in [0.05, 0.1) is 10.5 Å². The summed E-state index contributed by atoms with van der Waals surface area (Å²) in [7, 11) is -3.70. The van der Waals surface area contributed by atoms with Gasteiger partial charge in [-0.2, -0.15) is 22.7 Å². The number of hydrogen-bond donors (Lipinski definition) is 1. The molecule has 3 rings (SSSR count). The quantitative estimate of drug-likeness (QED) is 0.525. The second-order valence-corrected chi connectivity index (χ2v) is 9.17. The van der Waals surface area contributed by atoms with Crippen molar-refractivity contribution in [3.63, 3.8) is 0 Å². The SMILES string of the molecule is N#CC(=Cc1ccc(C(F)(F)F)cc1)C(=O)Nc1cccc(S(=O)(=O)N2CCCCC2)c1. The Kier molecular flexibility index (Phi) is 7.01. The van der Waals surface area contributed by atoms with E-state index in [2.05, 4.69) is 5.32 Å². The molecule has 0 bridgehead atoms. The third kappa shape index (κ3) is 5.55. The molecule has 1 aliphatic heterocycles. The number of hydrogen-bond acceptors (Lipinski definition) is 4. The Balaban J connectivity index is 1.78. The number of nitriles is 1. The van der Waals surface area contributed by atoms with Crippen LogP contribution in [0, 0.1) is 11.3 Å². The molecule has 0 radical (unpaired) electrons. The fraction of sp³-hybridized carbons (Fsp3) is 0.273. The number of benzene rings is 2. The normalized spacial score (nSPS) is 15.8. The van der Waals surface area contributed by atoms with Crippen molar-refractivity contribution < 1.29 is 26.4 Å². The van der Waals surface area contributed by atoms with Crippen molar-refractivity contribution in [2.45, 2.75) is 30.3 Å². The lowest BCUT2D eigenvalue weighted by molar-refractivity contribution is -0.137. The number of rotatable bonds is 5. The Morgan fingerprint density at radius 1 is 1.06 bits per heavy atom. The molecule has 1 heterocycles. The van der Waals surface area contributed by atoms with E-state index in [0.717, 1.165) is 49.6 Å². The first kappa shape index (κ1) is 23.5. The predicted molar refractivity (Wildman–Crippen MR) is 113 cm³/mol. The maximum absolute atomic E-state index is 12.8. The Morgan fingerprint density at radius 2 is 1.72 bits per heavy atom. The number of sulfonamides is 1. The highest BCUT2D eigenvalue weighted by Crippen LogP contribution is 2.29. The van der Waals surface area contributed by atoms with Gasteiger partial charge in [0.2, 0.25) is 10.0 Å². The summed E-state index contributed by atoms with van der Waals surface area (Å²) < 4.78 is 65.1. The van der Waals surface area contributed by atoms with Crippen LogP contribution in [0.25, 0.3) is 6.08 Å². The first-order chi connectivity index (χ1) is 15.1. The summed E-state index contributed by atoms with van der Waals surface area (Å²) in [6.45, 7) is 0.876. The van der Waals surface area contributed by atoms with Gasteiger partial charge >= 0.3 is 6.18 Å². The lowest BCUT2D eigenvalue weighted by Crippen LogP contribution is -2.35. The number of carbonyl (C=O) groups is 1. The third-order valence-electron chi connectivity index (χ3n) is 4.96. The van der Waals surface area contributed by atoms with E-state index in [1.807, 2.05) is 0 Å².